The van der Waals surface area contributed by atoms with Crippen LogP contribution >= 0.6 is 0 Å². The van der Waals surface area contributed by atoms with E-state index < -0.39 is 0 Å². The molecule has 2 aromatic carbocycles. The third-order valence-electron chi connectivity index (χ3n) is 5.48. The molecule has 4 rings (SSSR count). The first-order chi connectivity index (χ1) is 16.2. The number of piperidine rings is 1. The number of para-hydroxylation sites is 1. The molecule has 0 bridgehead atoms. The van der Waals surface area contributed by atoms with Crippen molar-refractivity contribution >= 4 is 17.7 Å². The molecule has 0 radical (unpaired) electrons. The molecule has 3 aromatic rings. The van der Waals surface area contributed by atoms with Gasteiger partial charge in [0.2, 0.25) is 0 Å². The first-order valence-corrected chi connectivity index (χ1v) is 11.1. The number of rotatable bonds is 7. The number of nitrogens with zero attached hydrogens (tertiary/aromatic N) is 2. The fraction of sp³-hybridized carbons (Fsp3) is 0.269. The second-order valence-electron chi connectivity index (χ2n) is 7.94. The number of aromatic nitrogens is 1. The summed E-state index contributed by atoms with van der Waals surface area (Å²) in [6.45, 7) is 1.57. The maximum Gasteiger partial charge on any atom is 0.321 e. The van der Waals surface area contributed by atoms with Crippen LogP contribution in [0.2, 0.25) is 0 Å². The van der Waals surface area contributed by atoms with Crippen LogP contribution < -0.4 is 10.1 Å². The molecule has 1 aliphatic rings. The van der Waals surface area contributed by atoms with Gasteiger partial charge >= 0.3 is 12.0 Å². The monoisotopic (exact) mass is 445 g/mol. The summed E-state index contributed by atoms with van der Waals surface area (Å²) in [5.41, 5.74) is 2.47. The molecule has 1 N–H and O–H groups in total. The molecule has 1 unspecified atom stereocenters. The first kappa shape index (κ1) is 22.3. The second kappa shape index (κ2) is 11.1. The quantitative estimate of drug-likeness (QED) is 0.536. The molecule has 2 heterocycles. The van der Waals surface area contributed by atoms with Crippen molar-refractivity contribution in [3.05, 3.63) is 90.3 Å². The summed E-state index contributed by atoms with van der Waals surface area (Å²) in [7, 11) is 0. The summed E-state index contributed by atoms with van der Waals surface area (Å²) in [5.74, 6) is 0.132. The molecule has 0 saturated carbocycles. The minimum absolute atomic E-state index is 0.187. The predicted octanol–water partition coefficient (Wildman–Crippen LogP) is 4.65. The Bertz CT molecular complexity index is 1040. The van der Waals surface area contributed by atoms with Crippen LogP contribution in [-0.2, 0) is 22.7 Å². The van der Waals surface area contributed by atoms with E-state index in [-0.39, 0.29) is 24.5 Å². The lowest BCUT2D eigenvalue weighted by Gasteiger charge is -2.31. The van der Waals surface area contributed by atoms with Crippen LogP contribution in [0.3, 0.4) is 0 Å². The van der Waals surface area contributed by atoms with Crippen LogP contribution in [0.25, 0.3) is 0 Å². The van der Waals surface area contributed by atoms with Crippen LogP contribution in [0.15, 0.2) is 79.0 Å². The number of carbonyl (C=O) groups is 2. The standard InChI is InChI=1S/C26H27N3O4/c30-25(21-7-6-16-29(17-21)26(31)28-22-8-2-1-3-9-22)33-18-20-11-13-24(14-12-20)32-19-23-10-4-5-15-27-23/h1-5,8-15,21H,6-7,16-19H2,(H,28,31). The van der Waals surface area contributed by atoms with E-state index in [2.05, 4.69) is 10.3 Å². The number of carbonyl (C=O) groups excluding carboxylic acids is 2. The molecule has 170 valence electrons. The number of pyridine rings is 1. The van der Waals surface area contributed by atoms with Crippen LogP contribution in [0.5, 0.6) is 5.75 Å². The summed E-state index contributed by atoms with van der Waals surface area (Å²) in [4.78, 5) is 31.1. The molecule has 1 aromatic heterocycles. The maximum atomic E-state index is 12.6. The Labute approximate surface area is 193 Å². The molecular weight excluding hydrogens is 418 g/mol. The number of esters is 1. The lowest BCUT2D eigenvalue weighted by atomic mass is 9.98. The lowest BCUT2D eigenvalue weighted by molar-refractivity contribution is -0.151. The number of hydrogen-bond donors (Lipinski definition) is 1. The molecule has 1 fully saturated rings. The number of likely N-dealkylation sites (tertiary alicyclic amines) is 1. The van der Waals surface area contributed by atoms with Gasteiger partial charge in [0, 0.05) is 25.0 Å². The molecule has 7 nitrogen and oxygen atoms in total. The lowest BCUT2D eigenvalue weighted by Crippen LogP contribution is -2.44. The predicted molar refractivity (Wildman–Crippen MR) is 125 cm³/mol. The highest BCUT2D eigenvalue weighted by molar-refractivity contribution is 5.89. The molecule has 2 amide bonds. The zero-order valence-corrected chi connectivity index (χ0v) is 18.4. The molecule has 0 aliphatic carbocycles. The van der Waals surface area contributed by atoms with Gasteiger partial charge in [0.25, 0.3) is 0 Å². The Balaban J connectivity index is 1.23. The molecular formula is C26H27N3O4. The van der Waals surface area contributed by atoms with E-state index in [1.54, 1.807) is 11.1 Å². The molecule has 1 atom stereocenters. The van der Waals surface area contributed by atoms with Crippen molar-refractivity contribution < 1.29 is 19.1 Å². The molecule has 33 heavy (non-hydrogen) atoms. The van der Waals surface area contributed by atoms with Crippen molar-refractivity contribution in [2.45, 2.75) is 26.1 Å². The van der Waals surface area contributed by atoms with E-state index in [0.29, 0.717) is 26.1 Å². The van der Waals surface area contributed by atoms with E-state index in [1.165, 1.54) is 0 Å². The van der Waals surface area contributed by atoms with Gasteiger partial charge in [-0.25, -0.2) is 4.79 Å². The number of urea groups is 1. The number of nitrogens with one attached hydrogen (secondary N) is 1. The minimum atomic E-state index is -0.318. The van der Waals surface area contributed by atoms with E-state index in [4.69, 9.17) is 9.47 Å². The summed E-state index contributed by atoms with van der Waals surface area (Å²) in [6.07, 6.45) is 3.22. The van der Waals surface area contributed by atoms with Gasteiger partial charge in [0.1, 0.15) is 19.0 Å². The second-order valence-corrected chi connectivity index (χ2v) is 7.94. The Morgan fingerprint density at radius 3 is 2.52 bits per heavy atom. The van der Waals surface area contributed by atoms with Crippen molar-refractivity contribution in [2.24, 2.45) is 5.92 Å². The van der Waals surface area contributed by atoms with Gasteiger partial charge in [-0.2, -0.15) is 0 Å². The molecule has 0 spiro atoms. The third kappa shape index (κ3) is 6.55. The average Bonchev–Trinajstić information content (AvgIpc) is 2.88. The normalized spacial score (nSPS) is 15.5. The summed E-state index contributed by atoms with van der Waals surface area (Å²) in [5, 5.41) is 2.87. The number of anilines is 1. The first-order valence-electron chi connectivity index (χ1n) is 11.1. The third-order valence-corrected chi connectivity index (χ3v) is 5.48. The zero-order valence-electron chi connectivity index (χ0n) is 18.4. The number of amides is 2. The van der Waals surface area contributed by atoms with Gasteiger partial charge in [-0.1, -0.05) is 36.4 Å². The average molecular weight is 446 g/mol. The number of hydrogen-bond acceptors (Lipinski definition) is 5. The van der Waals surface area contributed by atoms with E-state index >= 15 is 0 Å². The number of ether oxygens (including phenoxy) is 2. The Kier molecular flexibility index (Phi) is 7.53. The highest BCUT2D eigenvalue weighted by Gasteiger charge is 2.29. The van der Waals surface area contributed by atoms with Crippen molar-refractivity contribution in [1.29, 1.82) is 0 Å². The molecule has 7 heteroatoms. The van der Waals surface area contributed by atoms with Crippen molar-refractivity contribution in [3.8, 4) is 5.75 Å². The van der Waals surface area contributed by atoms with E-state index in [1.807, 2.05) is 72.8 Å². The van der Waals surface area contributed by atoms with Gasteiger partial charge in [-0.3, -0.25) is 9.78 Å². The summed E-state index contributed by atoms with van der Waals surface area (Å²) >= 11 is 0. The molecule has 1 aliphatic heterocycles. The fourth-order valence-electron chi connectivity index (χ4n) is 3.67. The topological polar surface area (TPSA) is 80.8 Å². The van der Waals surface area contributed by atoms with E-state index in [0.717, 1.165) is 29.1 Å². The van der Waals surface area contributed by atoms with Gasteiger partial charge in [-0.15, -0.1) is 0 Å². The Morgan fingerprint density at radius 1 is 0.970 bits per heavy atom. The van der Waals surface area contributed by atoms with Gasteiger partial charge < -0.3 is 19.7 Å². The summed E-state index contributed by atoms with van der Waals surface area (Å²) < 4.78 is 11.3. The van der Waals surface area contributed by atoms with Crippen LogP contribution in [0.1, 0.15) is 24.1 Å². The van der Waals surface area contributed by atoms with E-state index in [9.17, 15) is 9.59 Å². The maximum absolute atomic E-state index is 12.6. The van der Waals surface area contributed by atoms with Gasteiger partial charge in [-0.05, 0) is 54.8 Å². The van der Waals surface area contributed by atoms with Gasteiger partial charge in [0.15, 0.2) is 0 Å². The minimum Gasteiger partial charge on any atom is -0.487 e. The smallest absolute Gasteiger partial charge is 0.321 e. The molecule has 1 saturated heterocycles. The Morgan fingerprint density at radius 2 is 1.76 bits per heavy atom. The van der Waals surface area contributed by atoms with Crippen LogP contribution in [0, 0.1) is 5.92 Å². The van der Waals surface area contributed by atoms with Crippen molar-refractivity contribution in [3.63, 3.8) is 0 Å². The van der Waals surface area contributed by atoms with Crippen molar-refractivity contribution in [2.75, 3.05) is 18.4 Å². The highest BCUT2D eigenvalue weighted by Crippen LogP contribution is 2.20. The van der Waals surface area contributed by atoms with Crippen LogP contribution in [0.4, 0.5) is 10.5 Å². The SMILES string of the molecule is O=C(OCc1ccc(OCc2ccccn2)cc1)C1CCCN(C(=O)Nc2ccccc2)C1. The van der Waals surface area contributed by atoms with Gasteiger partial charge in [0.05, 0.1) is 11.6 Å². The fourth-order valence-corrected chi connectivity index (χ4v) is 3.67. The van der Waals surface area contributed by atoms with Crippen LogP contribution in [-0.4, -0.2) is 35.0 Å². The summed E-state index contributed by atoms with van der Waals surface area (Å²) in [6, 6.07) is 22.3. The number of benzene rings is 2. The zero-order chi connectivity index (χ0) is 22.9. The van der Waals surface area contributed by atoms with Crippen molar-refractivity contribution in [1.82, 2.24) is 9.88 Å². The Hall–Kier alpha value is -3.87. The largest absolute Gasteiger partial charge is 0.487 e. The highest BCUT2D eigenvalue weighted by atomic mass is 16.5.